The molecule has 0 saturated heterocycles. The maximum atomic E-state index is 5.14. The summed E-state index contributed by atoms with van der Waals surface area (Å²) in [5.74, 6) is 3.37. The molecule has 1 aliphatic rings. The first kappa shape index (κ1) is 23.2. The molecule has 166 valence electrons. The van der Waals surface area contributed by atoms with Crippen LogP contribution in [0.15, 0.2) is 41.5 Å². The van der Waals surface area contributed by atoms with Crippen molar-refractivity contribution < 1.29 is 4.74 Å². The first-order valence-corrected chi connectivity index (χ1v) is 10.3. The van der Waals surface area contributed by atoms with Crippen LogP contribution in [0.2, 0.25) is 0 Å². The van der Waals surface area contributed by atoms with E-state index in [0.29, 0.717) is 13.2 Å². The fraction of sp³-hybridized carbons (Fsp3) is 0.429. The third kappa shape index (κ3) is 6.03. The number of aryl methyl sites for hydroxylation is 1. The molecule has 0 bridgehead atoms. The van der Waals surface area contributed by atoms with Gasteiger partial charge in [-0.15, -0.1) is 24.0 Å². The second-order valence-corrected chi connectivity index (χ2v) is 7.24. The topological polar surface area (TPSA) is 105 Å². The van der Waals surface area contributed by atoms with Gasteiger partial charge in [0.15, 0.2) is 11.8 Å². The second-order valence-electron chi connectivity index (χ2n) is 7.24. The number of rotatable bonds is 7. The lowest BCUT2D eigenvalue weighted by molar-refractivity contribution is 0.177. The van der Waals surface area contributed by atoms with E-state index in [1.807, 2.05) is 29.1 Å². The lowest BCUT2D eigenvalue weighted by Crippen LogP contribution is -2.47. The average molecular weight is 536 g/mol. The zero-order chi connectivity index (χ0) is 20.8. The molecular weight excluding hydrogens is 507 g/mol. The van der Waals surface area contributed by atoms with Crippen LogP contribution in [0.25, 0.3) is 11.3 Å². The van der Waals surface area contributed by atoms with Crippen molar-refractivity contribution in [1.82, 2.24) is 35.4 Å². The standard InChI is InChI=1S/C21H28N8O.HI/c1-3-22-21(24-12-18-23-11-17(26-18)15-7-5-4-6-8-15)25-16-9-10-20-27-19(14-30-2)28-29(20)13-16;/h4-8,11,16H,3,9-10,12-14H2,1-2H3,(H,23,26)(H2,22,24,25);1H. The molecule has 3 N–H and O–H groups in total. The summed E-state index contributed by atoms with van der Waals surface area (Å²) in [5.41, 5.74) is 2.11. The first-order chi connectivity index (χ1) is 14.7. The van der Waals surface area contributed by atoms with E-state index in [-0.39, 0.29) is 30.0 Å². The van der Waals surface area contributed by atoms with Crippen molar-refractivity contribution in [2.75, 3.05) is 13.7 Å². The summed E-state index contributed by atoms with van der Waals surface area (Å²) in [6.07, 6.45) is 3.71. The van der Waals surface area contributed by atoms with Crippen LogP contribution in [-0.4, -0.2) is 50.4 Å². The minimum Gasteiger partial charge on any atom is -0.377 e. The number of ether oxygens (including phenoxy) is 1. The predicted molar refractivity (Wildman–Crippen MR) is 130 cm³/mol. The average Bonchev–Trinajstić information content (AvgIpc) is 3.39. The zero-order valence-corrected chi connectivity index (χ0v) is 20.2. The maximum absolute atomic E-state index is 5.14. The number of imidazole rings is 1. The lowest BCUT2D eigenvalue weighted by atomic mass is 10.1. The Morgan fingerprint density at radius 2 is 2.16 bits per heavy atom. The number of aromatic amines is 1. The molecule has 1 aromatic carbocycles. The molecule has 2 aromatic heterocycles. The monoisotopic (exact) mass is 536 g/mol. The summed E-state index contributed by atoms with van der Waals surface area (Å²) < 4.78 is 7.11. The molecule has 1 aliphatic heterocycles. The van der Waals surface area contributed by atoms with E-state index in [1.165, 1.54) is 0 Å². The number of aromatic nitrogens is 5. The summed E-state index contributed by atoms with van der Waals surface area (Å²) >= 11 is 0. The third-order valence-corrected chi connectivity index (χ3v) is 4.96. The van der Waals surface area contributed by atoms with E-state index in [9.17, 15) is 0 Å². The summed E-state index contributed by atoms with van der Waals surface area (Å²) in [6, 6.07) is 10.4. The molecule has 0 spiro atoms. The number of nitrogens with one attached hydrogen (secondary N) is 3. The molecule has 0 fully saturated rings. The van der Waals surface area contributed by atoms with Gasteiger partial charge < -0.3 is 20.4 Å². The lowest BCUT2D eigenvalue weighted by Gasteiger charge is -2.25. The van der Waals surface area contributed by atoms with E-state index >= 15 is 0 Å². The van der Waals surface area contributed by atoms with Crippen LogP contribution in [0, 0.1) is 0 Å². The Bertz CT molecular complexity index is 984. The van der Waals surface area contributed by atoms with Gasteiger partial charge in [-0.1, -0.05) is 30.3 Å². The molecule has 1 atom stereocenters. The van der Waals surface area contributed by atoms with Crippen molar-refractivity contribution in [3.8, 4) is 11.3 Å². The van der Waals surface area contributed by atoms with E-state index in [1.54, 1.807) is 7.11 Å². The first-order valence-electron chi connectivity index (χ1n) is 10.3. The van der Waals surface area contributed by atoms with Crippen LogP contribution in [0.4, 0.5) is 0 Å². The van der Waals surface area contributed by atoms with Gasteiger partial charge in [-0.3, -0.25) is 0 Å². The van der Waals surface area contributed by atoms with Gasteiger partial charge in [0.2, 0.25) is 0 Å². The van der Waals surface area contributed by atoms with Crippen molar-refractivity contribution in [3.05, 3.63) is 54.0 Å². The molecule has 0 radical (unpaired) electrons. The van der Waals surface area contributed by atoms with Crippen LogP contribution in [0.3, 0.4) is 0 Å². The summed E-state index contributed by atoms with van der Waals surface area (Å²) in [4.78, 5) is 17.1. The minimum absolute atomic E-state index is 0. The molecule has 1 unspecified atom stereocenters. The molecule has 0 amide bonds. The molecule has 31 heavy (non-hydrogen) atoms. The number of methoxy groups -OCH3 is 1. The maximum Gasteiger partial charge on any atom is 0.191 e. The fourth-order valence-electron chi connectivity index (χ4n) is 3.54. The number of hydrogen-bond acceptors (Lipinski definition) is 5. The fourth-order valence-corrected chi connectivity index (χ4v) is 3.54. The molecule has 4 rings (SSSR count). The third-order valence-electron chi connectivity index (χ3n) is 4.96. The van der Waals surface area contributed by atoms with Gasteiger partial charge in [0.05, 0.1) is 18.4 Å². The van der Waals surface area contributed by atoms with E-state index in [4.69, 9.17) is 9.73 Å². The highest BCUT2D eigenvalue weighted by Crippen LogP contribution is 2.16. The van der Waals surface area contributed by atoms with Crippen LogP contribution < -0.4 is 10.6 Å². The van der Waals surface area contributed by atoms with Crippen LogP contribution in [0.1, 0.15) is 30.8 Å². The minimum atomic E-state index is 0. The van der Waals surface area contributed by atoms with Gasteiger partial charge in [0, 0.05) is 26.1 Å². The highest BCUT2D eigenvalue weighted by molar-refractivity contribution is 14.0. The molecule has 0 aliphatic carbocycles. The highest BCUT2D eigenvalue weighted by atomic mass is 127. The number of nitrogens with zero attached hydrogens (tertiary/aromatic N) is 5. The Balaban J connectivity index is 0.00000272. The summed E-state index contributed by atoms with van der Waals surface area (Å²) in [6.45, 7) is 4.52. The van der Waals surface area contributed by atoms with E-state index < -0.39 is 0 Å². The van der Waals surface area contributed by atoms with Crippen LogP contribution in [-0.2, 0) is 30.9 Å². The quantitative estimate of drug-likeness (QED) is 0.244. The zero-order valence-electron chi connectivity index (χ0n) is 17.8. The normalized spacial score (nSPS) is 15.8. The number of hydrogen-bond donors (Lipinski definition) is 3. The SMILES string of the molecule is CCNC(=NCc1ncc(-c2ccccc2)[nH]1)NC1CCc2nc(COC)nn2C1.I. The number of benzene rings is 1. The van der Waals surface area contributed by atoms with Gasteiger partial charge in [-0.2, -0.15) is 5.10 Å². The Morgan fingerprint density at radius 1 is 1.32 bits per heavy atom. The molecule has 10 heteroatoms. The van der Waals surface area contributed by atoms with Crippen molar-refractivity contribution >= 4 is 29.9 Å². The van der Waals surface area contributed by atoms with Crippen molar-refractivity contribution in [2.45, 2.75) is 45.5 Å². The van der Waals surface area contributed by atoms with Crippen molar-refractivity contribution in [2.24, 2.45) is 4.99 Å². The van der Waals surface area contributed by atoms with Gasteiger partial charge in [-0.05, 0) is 18.9 Å². The summed E-state index contributed by atoms with van der Waals surface area (Å²) in [5, 5.41) is 11.4. The molecule has 9 nitrogen and oxygen atoms in total. The number of halogens is 1. The Kier molecular flexibility index (Phi) is 8.41. The number of H-pyrrole nitrogens is 1. The van der Waals surface area contributed by atoms with Crippen LogP contribution >= 0.6 is 24.0 Å². The Hall–Kier alpha value is -2.47. The van der Waals surface area contributed by atoms with E-state index in [0.717, 1.165) is 60.6 Å². The highest BCUT2D eigenvalue weighted by Gasteiger charge is 2.22. The second kappa shape index (κ2) is 11.2. The van der Waals surface area contributed by atoms with Gasteiger partial charge in [-0.25, -0.2) is 19.6 Å². The van der Waals surface area contributed by atoms with E-state index in [2.05, 4.69) is 49.7 Å². The predicted octanol–water partition coefficient (Wildman–Crippen LogP) is 2.50. The van der Waals surface area contributed by atoms with Gasteiger partial charge in [0.25, 0.3) is 0 Å². The number of guanidine groups is 1. The number of fused-ring (bicyclic) bond motifs is 1. The number of aliphatic imine (C=N–C) groups is 1. The van der Waals surface area contributed by atoms with Crippen molar-refractivity contribution in [3.63, 3.8) is 0 Å². The Labute approximate surface area is 199 Å². The Morgan fingerprint density at radius 3 is 2.94 bits per heavy atom. The molecule has 3 aromatic rings. The van der Waals surface area contributed by atoms with Gasteiger partial charge >= 0.3 is 0 Å². The largest absolute Gasteiger partial charge is 0.377 e. The smallest absolute Gasteiger partial charge is 0.191 e. The van der Waals surface area contributed by atoms with Gasteiger partial charge in [0.1, 0.15) is 24.8 Å². The molecule has 3 heterocycles. The van der Waals surface area contributed by atoms with Crippen molar-refractivity contribution in [1.29, 1.82) is 0 Å². The summed E-state index contributed by atoms with van der Waals surface area (Å²) in [7, 11) is 1.66. The molecular formula is C21H29IN8O. The van der Waals surface area contributed by atoms with Crippen LogP contribution in [0.5, 0.6) is 0 Å². The molecule has 0 saturated carbocycles.